The van der Waals surface area contributed by atoms with Gasteiger partial charge in [-0.25, -0.2) is 5.43 Å². The van der Waals surface area contributed by atoms with Gasteiger partial charge in [-0.05, 0) is 31.5 Å². The highest BCUT2D eigenvalue weighted by molar-refractivity contribution is 7.03. The maximum atomic E-state index is 7.92. The summed E-state index contributed by atoms with van der Waals surface area (Å²) in [6.45, 7) is 3.97. The van der Waals surface area contributed by atoms with Crippen LogP contribution in [0.3, 0.4) is 0 Å². The highest BCUT2D eigenvalue weighted by atomic mass is 35.5. The molecule has 5 nitrogen and oxygen atoms in total. The largest absolute Gasteiger partial charge is 0.273 e. The van der Waals surface area contributed by atoms with Gasteiger partial charge in [0.2, 0.25) is 10.7 Å². The molecule has 1 aromatic heterocycles. The molecule has 0 saturated carbocycles. The molecule has 1 aromatic carbocycles. The Labute approximate surface area is 120 Å². The van der Waals surface area contributed by atoms with E-state index in [1.165, 1.54) is 0 Å². The van der Waals surface area contributed by atoms with Crippen molar-refractivity contribution in [2.75, 3.05) is 5.43 Å². The van der Waals surface area contributed by atoms with Crippen molar-refractivity contribution in [1.29, 1.82) is 5.41 Å². The van der Waals surface area contributed by atoms with E-state index in [9.17, 15) is 0 Å². The fourth-order valence-electron chi connectivity index (χ4n) is 1.41. The van der Waals surface area contributed by atoms with Crippen LogP contribution in [-0.2, 0) is 0 Å². The highest BCUT2D eigenvalue weighted by Gasteiger charge is 2.08. The van der Waals surface area contributed by atoms with E-state index in [-0.39, 0.29) is 0 Å². The van der Waals surface area contributed by atoms with E-state index in [1.54, 1.807) is 16.7 Å². The Morgan fingerprint density at radius 3 is 3.05 bits per heavy atom. The van der Waals surface area contributed by atoms with Gasteiger partial charge in [0, 0.05) is 22.3 Å². The second-order valence-corrected chi connectivity index (χ2v) is 5.13. The first-order valence-corrected chi connectivity index (χ1v) is 6.95. The van der Waals surface area contributed by atoms with Crippen LogP contribution in [0, 0.1) is 5.41 Å². The minimum Gasteiger partial charge on any atom is -0.273 e. The van der Waals surface area contributed by atoms with Crippen molar-refractivity contribution in [3.05, 3.63) is 34.1 Å². The van der Waals surface area contributed by atoms with E-state index in [0.29, 0.717) is 15.8 Å². The lowest BCUT2D eigenvalue weighted by atomic mass is 10.3. The van der Waals surface area contributed by atoms with Gasteiger partial charge in [0.05, 0.1) is 5.69 Å². The lowest BCUT2D eigenvalue weighted by Crippen LogP contribution is -2.13. The van der Waals surface area contributed by atoms with E-state index >= 15 is 0 Å². The summed E-state index contributed by atoms with van der Waals surface area (Å²) >= 11 is 7.07. The molecular formula is C12H14ClN5S. The van der Waals surface area contributed by atoms with E-state index < -0.39 is 0 Å². The maximum Gasteiger partial charge on any atom is 0.241 e. The summed E-state index contributed by atoms with van der Waals surface area (Å²) in [4.78, 5) is 0.314. The van der Waals surface area contributed by atoms with Crippen molar-refractivity contribution in [2.24, 2.45) is 5.10 Å². The number of anilines is 1. The Morgan fingerprint density at radius 1 is 1.58 bits per heavy atom. The van der Waals surface area contributed by atoms with Crippen LogP contribution in [0.25, 0.3) is 5.69 Å². The zero-order chi connectivity index (χ0) is 13.8. The van der Waals surface area contributed by atoms with Crippen molar-refractivity contribution in [3.63, 3.8) is 0 Å². The molecule has 0 fully saturated rings. The van der Waals surface area contributed by atoms with Crippen molar-refractivity contribution in [1.82, 2.24) is 8.94 Å². The minimum atomic E-state index is 0.314. The first-order valence-electron chi connectivity index (χ1n) is 5.80. The third-order valence-corrected chi connectivity index (χ3v) is 3.41. The third kappa shape index (κ3) is 3.21. The molecule has 0 bridgehead atoms. The van der Waals surface area contributed by atoms with Gasteiger partial charge in [0.15, 0.2) is 0 Å². The van der Waals surface area contributed by atoms with E-state index in [0.717, 1.165) is 29.4 Å². The summed E-state index contributed by atoms with van der Waals surface area (Å²) in [7, 11) is 0. The lowest BCUT2D eigenvalue weighted by Gasteiger charge is -2.07. The fourth-order valence-corrected chi connectivity index (χ4v) is 2.17. The Hall–Kier alpha value is -1.66. The summed E-state index contributed by atoms with van der Waals surface area (Å²) in [6, 6.07) is 7.29. The van der Waals surface area contributed by atoms with Gasteiger partial charge in [-0.3, -0.25) is 9.98 Å². The van der Waals surface area contributed by atoms with Crippen molar-refractivity contribution in [3.8, 4) is 5.69 Å². The fraction of sp³-hybridized carbons (Fsp3) is 0.250. The molecule has 0 aliphatic carbocycles. The van der Waals surface area contributed by atoms with Gasteiger partial charge in [-0.15, -0.1) is 0 Å². The van der Waals surface area contributed by atoms with Crippen LogP contribution < -0.4 is 10.2 Å². The smallest absolute Gasteiger partial charge is 0.241 e. The van der Waals surface area contributed by atoms with E-state index in [4.69, 9.17) is 17.0 Å². The molecule has 0 spiro atoms. The number of benzene rings is 1. The minimum absolute atomic E-state index is 0.314. The molecule has 0 atom stereocenters. The zero-order valence-electron chi connectivity index (χ0n) is 10.6. The monoisotopic (exact) mass is 295 g/mol. The SMILES string of the molecule is CC/C(C)=N\Nc1nsc(=N)n1-c1cccc(Cl)c1. The predicted octanol–water partition coefficient (Wildman–Crippen LogP) is 3.26. The number of hydrogen-bond acceptors (Lipinski definition) is 5. The van der Waals surface area contributed by atoms with Crippen LogP contribution >= 0.6 is 23.1 Å². The molecule has 7 heteroatoms. The van der Waals surface area contributed by atoms with Crippen LogP contribution in [0.15, 0.2) is 29.4 Å². The number of rotatable bonds is 4. The van der Waals surface area contributed by atoms with Gasteiger partial charge in [-0.1, -0.05) is 24.6 Å². The molecule has 19 heavy (non-hydrogen) atoms. The topological polar surface area (TPSA) is 66.1 Å². The molecule has 0 saturated heterocycles. The number of aromatic nitrogens is 2. The number of hydrogen-bond donors (Lipinski definition) is 2. The quantitative estimate of drug-likeness (QED) is 0.671. The summed E-state index contributed by atoms with van der Waals surface area (Å²) in [6.07, 6.45) is 0.863. The normalized spacial score (nSPS) is 11.6. The summed E-state index contributed by atoms with van der Waals surface area (Å²) in [5, 5.41) is 12.7. The van der Waals surface area contributed by atoms with Gasteiger partial charge in [0.25, 0.3) is 0 Å². The molecule has 0 amide bonds. The Kier molecular flexibility index (Phi) is 4.34. The van der Waals surface area contributed by atoms with Crippen LogP contribution in [0.5, 0.6) is 0 Å². The molecule has 0 aliphatic rings. The number of hydrazone groups is 1. The van der Waals surface area contributed by atoms with Gasteiger partial charge in [-0.2, -0.15) is 9.47 Å². The van der Waals surface area contributed by atoms with Gasteiger partial charge in [0.1, 0.15) is 0 Å². The molecule has 1 heterocycles. The molecule has 0 aliphatic heterocycles. The number of nitrogens with zero attached hydrogens (tertiary/aromatic N) is 3. The Balaban J connectivity index is 2.41. The summed E-state index contributed by atoms with van der Waals surface area (Å²) in [5.74, 6) is 0.519. The first-order chi connectivity index (χ1) is 9.11. The van der Waals surface area contributed by atoms with Crippen LogP contribution in [0.2, 0.25) is 5.02 Å². The molecule has 2 rings (SSSR count). The molecule has 2 N–H and O–H groups in total. The summed E-state index contributed by atoms with van der Waals surface area (Å²) in [5.41, 5.74) is 4.65. The molecule has 0 unspecified atom stereocenters. The zero-order valence-corrected chi connectivity index (χ0v) is 12.2. The lowest BCUT2D eigenvalue weighted by molar-refractivity contribution is 0.956. The average Bonchev–Trinajstić information content (AvgIpc) is 2.77. The molecular weight excluding hydrogens is 282 g/mol. The number of halogens is 1. The van der Waals surface area contributed by atoms with Crippen LogP contribution in [-0.4, -0.2) is 14.7 Å². The second-order valence-electron chi connectivity index (χ2n) is 3.94. The maximum absolute atomic E-state index is 7.92. The third-order valence-electron chi connectivity index (χ3n) is 2.56. The van der Waals surface area contributed by atoms with E-state index in [2.05, 4.69) is 14.9 Å². The Morgan fingerprint density at radius 2 is 2.37 bits per heavy atom. The molecule has 0 radical (unpaired) electrons. The highest BCUT2D eigenvalue weighted by Crippen LogP contribution is 2.17. The predicted molar refractivity (Wildman–Crippen MR) is 79.3 cm³/mol. The van der Waals surface area contributed by atoms with E-state index in [1.807, 2.05) is 26.0 Å². The molecule has 100 valence electrons. The van der Waals surface area contributed by atoms with Gasteiger partial charge >= 0.3 is 0 Å². The van der Waals surface area contributed by atoms with Crippen LogP contribution in [0.4, 0.5) is 5.95 Å². The molecule has 2 aromatic rings. The second kappa shape index (κ2) is 5.99. The van der Waals surface area contributed by atoms with Crippen molar-refractivity contribution in [2.45, 2.75) is 20.3 Å². The summed E-state index contributed by atoms with van der Waals surface area (Å²) < 4.78 is 5.85. The standard InChI is InChI=1S/C12H14ClN5S/c1-3-8(2)15-16-12-17-19-11(14)18(12)10-6-4-5-9(13)7-10/h4-7,14H,3H2,1-2H3,(H,16,17)/b14-11?,15-8-. The van der Waals surface area contributed by atoms with Crippen molar-refractivity contribution < 1.29 is 0 Å². The number of nitrogens with one attached hydrogen (secondary N) is 2. The average molecular weight is 296 g/mol. The van der Waals surface area contributed by atoms with Gasteiger partial charge < -0.3 is 0 Å². The van der Waals surface area contributed by atoms with Crippen LogP contribution in [0.1, 0.15) is 20.3 Å². The Bertz CT molecular complexity index is 658. The van der Waals surface area contributed by atoms with Crippen molar-refractivity contribution >= 4 is 34.8 Å². The first kappa shape index (κ1) is 13.8.